The Morgan fingerprint density at radius 3 is 2.63 bits per heavy atom. The lowest BCUT2D eigenvalue weighted by molar-refractivity contribution is -0.137. The number of nitrogens with zero attached hydrogens (tertiary/aromatic N) is 3. The van der Waals surface area contributed by atoms with Gasteiger partial charge in [-0.1, -0.05) is 0 Å². The molecule has 1 unspecified atom stereocenters. The molecule has 1 aromatic heterocycles. The minimum atomic E-state index is -4.59. The average Bonchev–Trinajstić information content (AvgIpc) is 2.59. The van der Waals surface area contributed by atoms with Gasteiger partial charge < -0.3 is 10.0 Å². The summed E-state index contributed by atoms with van der Waals surface area (Å²) in [6.07, 6.45) is -0.994. The minimum absolute atomic E-state index is 0.00276. The van der Waals surface area contributed by atoms with Crippen molar-refractivity contribution in [2.75, 3.05) is 13.6 Å². The van der Waals surface area contributed by atoms with E-state index in [0.29, 0.717) is 19.0 Å². The molecule has 0 spiro atoms. The fourth-order valence-electron chi connectivity index (χ4n) is 3.14. The molecule has 6 nitrogen and oxygen atoms in total. The van der Waals surface area contributed by atoms with Crippen molar-refractivity contribution in [1.82, 2.24) is 14.5 Å². The van der Waals surface area contributed by atoms with Gasteiger partial charge in [-0.3, -0.25) is 14.2 Å². The van der Waals surface area contributed by atoms with Crippen molar-refractivity contribution < 1.29 is 23.1 Å². The van der Waals surface area contributed by atoms with Crippen LogP contribution in [0.2, 0.25) is 0 Å². The predicted molar refractivity (Wildman–Crippen MR) is 91.0 cm³/mol. The molecule has 0 radical (unpaired) electrons. The van der Waals surface area contributed by atoms with E-state index >= 15 is 0 Å². The molecule has 0 saturated carbocycles. The first-order valence-electron chi connectivity index (χ1n) is 8.36. The molecule has 1 fully saturated rings. The Hall–Kier alpha value is -2.84. The molecule has 0 bridgehead atoms. The number of benzene rings is 1. The summed E-state index contributed by atoms with van der Waals surface area (Å²) < 4.78 is 39.6. The lowest BCUT2D eigenvalue weighted by Crippen LogP contribution is -2.38. The molecule has 1 aliphatic rings. The van der Waals surface area contributed by atoms with Gasteiger partial charge in [0.1, 0.15) is 5.75 Å². The van der Waals surface area contributed by atoms with E-state index in [4.69, 9.17) is 0 Å². The van der Waals surface area contributed by atoms with Crippen LogP contribution in [0.5, 0.6) is 5.75 Å². The van der Waals surface area contributed by atoms with Gasteiger partial charge in [0, 0.05) is 38.3 Å². The normalized spacial score (nSPS) is 18.0. The number of hydrogen-bond donors (Lipinski definition) is 1. The third-order valence-corrected chi connectivity index (χ3v) is 4.73. The fraction of sp³-hybridized carbons (Fsp3) is 0.389. The highest BCUT2D eigenvalue weighted by Gasteiger charge is 2.31. The number of phenols is 1. The van der Waals surface area contributed by atoms with Crippen molar-refractivity contribution in [3.63, 3.8) is 0 Å². The number of likely N-dealkylation sites (tertiary alicyclic amines) is 1. The van der Waals surface area contributed by atoms with Gasteiger partial charge >= 0.3 is 6.18 Å². The highest BCUT2D eigenvalue weighted by Crippen LogP contribution is 2.35. The number of alkyl halides is 3. The maximum absolute atomic E-state index is 12.7. The van der Waals surface area contributed by atoms with Crippen LogP contribution in [0.1, 0.15) is 18.4 Å². The molecule has 27 heavy (non-hydrogen) atoms. The topological polar surface area (TPSA) is 75.4 Å². The fourth-order valence-corrected chi connectivity index (χ4v) is 3.14. The van der Waals surface area contributed by atoms with Crippen LogP contribution in [0, 0.1) is 5.92 Å². The maximum Gasteiger partial charge on any atom is 0.416 e. The van der Waals surface area contributed by atoms with E-state index in [9.17, 15) is 27.9 Å². The molecule has 2 aromatic rings. The zero-order valence-corrected chi connectivity index (χ0v) is 14.5. The zero-order chi connectivity index (χ0) is 19.8. The summed E-state index contributed by atoms with van der Waals surface area (Å²) >= 11 is 0. The Kier molecular flexibility index (Phi) is 4.95. The highest BCUT2D eigenvalue weighted by atomic mass is 19.4. The van der Waals surface area contributed by atoms with Gasteiger partial charge in [0.25, 0.3) is 5.56 Å². The van der Waals surface area contributed by atoms with Crippen LogP contribution in [0.4, 0.5) is 13.2 Å². The third-order valence-electron chi connectivity index (χ3n) is 4.73. The summed E-state index contributed by atoms with van der Waals surface area (Å²) in [6, 6.07) is 2.45. The molecule has 1 N–H and O–H groups in total. The highest BCUT2D eigenvalue weighted by molar-refractivity contribution is 5.76. The van der Waals surface area contributed by atoms with Crippen molar-refractivity contribution >= 4 is 5.91 Å². The molecule has 1 aromatic carbocycles. The summed E-state index contributed by atoms with van der Waals surface area (Å²) in [5.41, 5.74) is -1.50. The van der Waals surface area contributed by atoms with E-state index in [1.165, 1.54) is 17.1 Å². The summed E-state index contributed by atoms with van der Waals surface area (Å²) in [4.78, 5) is 30.1. The molecule has 1 saturated heterocycles. The van der Waals surface area contributed by atoms with Crippen LogP contribution in [0.25, 0.3) is 11.1 Å². The molecule has 0 aliphatic carbocycles. The zero-order valence-electron chi connectivity index (χ0n) is 14.5. The summed E-state index contributed by atoms with van der Waals surface area (Å²) in [6.45, 7) is 0.881. The quantitative estimate of drug-likeness (QED) is 0.887. The van der Waals surface area contributed by atoms with Crippen LogP contribution in [0.3, 0.4) is 0 Å². The van der Waals surface area contributed by atoms with E-state index in [2.05, 4.69) is 4.98 Å². The molecule has 3 rings (SSSR count). The predicted octanol–water partition coefficient (Wildman–Crippen LogP) is 2.50. The number of hydrogen-bond acceptors (Lipinski definition) is 4. The second-order valence-electron chi connectivity index (χ2n) is 6.67. The molecule has 144 valence electrons. The van der Waals surface area contributed by atoms with Crippen LogP contribution in [-0.4, -0.2) is 39.1 Å². The summed E-state index contributed by atoms with van der Waals surface area (Å²) in [7, 11) is 1.72. The largest absolute Gasteiger partial charge is 0.507 e. The van der Waals surface area contributed by atoms with Gasteiger partial charge in [0.15, 0.2) is 0 Å². The number of carbonyl (C=O) groups excluding carboxylic acids is 1. The Morgan fingerprint density at radius 2 is 2.00 bits per heavy atom. The van der Waals surface area contributed by atoms with Gasteiger partial charge in [-0.2, -0.15) is 13.2 Å². The Bertz CT molecular complexity index is 924. The molecular formula is C18H18F3N3O3. The van der Waals surface area contributed by atoms with Gasteiger partial charge in [0.05, 0.1) is 17.5 Å². The Labute approximate surface area is 152 Å². The first kappa shape index (κ1) is 18.9. The van der Waals surface area contributed by atoms with Crippen LogP contribution in [-0.2, 0) is 17.5 Å². The summed E-state index contributed by atoms with van der Waals surface area (Å²) in [5.74, 6) is -0.663. The second-order valence-corrected chi connectivity index (χ2v) is 6.67. The van der Waals surface area contributed by atoms with Crippen LogP contribution in [0.15, 0.2) is 35.5 Å². The first-order valence-corrected chi connectivity index (χ1v) is 8.36. The van der Waals surface area contributed by atoms with Crippen molar-refractivity contribution in [2.45, 2.75) is 25.6 Å². The molecular weight excluding hydrogens is 363 g/mol. The molecule has 1 aliphatic heterocycles. The first-order chi connectivity index (χ1) is 12.7. The SMILES string of the molecule is CN1CCC(Cn2cncc(-c3ccc(C(F)(F)F)cc3O)c2=O)CC1=O. The number of amides is 1. The van der Waals surface area contributed by atoms with Crippen molar-refractivity contribution in [2.24, 2.45) is 5.92 Å². The monoisotopic (exact) mass is 381 g/mol. The molecule has 9 heteroatoms. The number of rotatable bonds is 3. The smallest absolute Gasteiger partial charge is 0.416 e. The van der Waals surface area contributed by atoms with E-state index in [1.807, 2.05) is 0 Å². The van der Waals surface area contributed by atoms with E-state index < -0.39 is 23.0 Å². The number of aromatic hydroxyl groups is 1. The number of piperidine rings is 1. The van der Waals surface area contributed by atoms with Crippen LogP contribution >= 0.6 is 0 Å². The van der Waals surface area contributed by atoms with Gasteiger partial charge in [-0.05, 0) is 30.5 Å². The lowest BCUT2D eigenvalue weighted by atomic mass is 9.96. The average molecular weight is 381 g/mol. The number of halogens is 3. The molecule has 2 heterocycles. The van der Waals surface area contributed by atoms with Gasteiger partial charge in [-0.15, -0.1) is 0 Å². The Balaban J connectivity index is 1.90. The van der Waals surface area contributed by atoms with Crippen molar-refractivity contribution in [3.05, 3.63) is 46.6 Å². The molecule has 1 atom stereocenters. The van der Waals surface area contributed by atoms with Gasteiger partial charge in [0.2, 0.25) is 5.91 Å². The molecule has 1 amide bonds. The lowest BCUT2D eigenvalue weighted by Gasteiger charge is -2.29. The summed E-state index contributed by atoms with van der Waals surface area (Å²) in [5, 5.41) is 9.98. The van der Waals surface area contributed by atoms with Crippen molar-refractivity contribution in [3.8, 4) is 16.9 Å². The Morgan fingerprint density at radius 1 is 1.26 bits per heavy atom. The maximum atomic E-state index is 12.7. The van der Waals surface area contributed by atoms with Crippen LogP contribution < -0.4 is 5.56 Å². The minimum Gasteiger partial charge on any atom is -0.507 e. The van der Waals surface area contributed by atoms with E-state index in [-0.39, 0.29) is 29.5 Å². The number of phenolic OH excluding ortho intramolecular Hbond substituents is 1. The second kappa shape index (κ2) is 7.05. The standard InChI is InChI=1S/C18H18F3N3O3/c1-23-5-4-11(6-16(23)26)9-24-10-22-8-14(17(24)27)13-3-2-12(7-15(13)25)18(19,20)21/h2-3,7-8,10-11,25H,4-6,9H2,1H3. The van der Waals surface area contributed by atoms with E-state index in [1.54, 1.807) is 11.9 Å². The number of aromatic nitrogens is 2. The van der Waals surface area contributed by atoms with Crippen molar-refractivity contribution in [1.29, 1.82) is 0 Å². The van der Waals surface area contributed by atoms with E-state index in [0.717, 1.165) is 18.6 Å². The van der Waals surface area contributed by atoms with Gasteiger partial charge in [-0.25, -0.2) is 4.98 Å². The number of carbonyl (C=O) groups is 1. The third kappa shape index (κ3) is 3.96.